The molecule has 168 valence electrons. The molecule has 0 aliphatic carbocycles. The van der Waals surface area contributed by atoms with Crippen molar-refractivity contribution in [1.29, 1.82) is 0 Å². The van der Waals surface area contributed by atoms with Crippen molar-refractivity contribution < 1.29 is 27.5 Å². The van der Waals surface area contributed by atoms with E-state index in [-0.39, 0.29) is 31.2 Å². The Bertz CT molecular complexity index is 733. The number of alkyl halides is 4. The molecule has 0 bridgehead atoms. The van der Waals surface area contributed by atoms with Gasteiger partial charge in [-0.25, -0.2) is 4.39 Å². The van der Waals surface area contributed by atoms with Gasteiger partial charge in [0.25, 0.3) is 0 Å². The van der Waals surface area contributed by atoms with E-state index in [9.17, 15) is 27.5 Å². The Morgan fingerprint density at radius 2 is 1.87 bits per heavy atom. The molecule has 1 amide bonds. The molecule has 1 heterocycles. The zero-order chi connectivity index (χ0) is 22.4. The first kappa shape index (κ1) is 24.4. The minimum atomic E-state index is -4.61. The molecule has 5 nitrogen and oxygen atoms in total. The number of likely N-dealkylation sites (tertiary alicyclic amines) is 1. The minimum Gasteiger partial charge on any atom is -0.389 e. The van der Waals surface area contributed by atoms with Gasteiger partial charge in [0.15, 0.2) is 5.71 Å². The van der Waals surface area contributed by atoms with E-state index in [1.165, 1.54) is 17.1 Å². The predicted molar refractivity (Wildman–Crippen MR) is 107 cm³/mol. The van der Waals surface area contributed by atoms with Crippen LogP contribution in [0, 0.1) is 5.82 Å². The van der Waals surface area contributed by atoms with Crippen LogP contribution < -0.4 is 0 Å². The number of hydrazone groups is 1. The number of nitrogens with zero attached hydrogens (tertiary/aromatic N) is 3. The molecule has 0 atom stereocenters. The standard InChI is InChI=1S/C20H26ClF4N3O2/c1-2-28(26-17(14-21)20(23,24)25)10-7-18(29)27-11-8-19(30,9-12-27)13-15-3-5-16(22)6-4-15/h3-6,30H,2,7-14H2,1H3/b26-17+. The van der Waals surface area contributed by atoms with E-state index >= 15 is 0 Å². The molecule has 0 spiro atoms. The smallest absolute Gasteiger partial charge is 0.389 e. The number of piperidine rings is 1. The maximum atomic E-state index is 13.0. The Hall–Kier alpha value is -1.87. The van der Waals surface area contributed by atoms with E-state index in [0.29, 0.717) is 32.4 Å². The number of rotatable bonds is 8. The second-order valence-corrected chi connectivity index (χ2v) is 7.65. The monoisotopic (exact) mass is 451 g/mol. The summed E-state index contributed by atoms with van der Waals surface area (Å²) >= 11 is 5.34. The summed E-state index contributed by atoms with van der Waals surface area (Å²) in [5.41, 5.74) is -1.26. The topological polar surface area (TPSA) is 56.1 Å². The highest BCUT2D eigenvalue weighted by Gasteiger charge is 2.36. The van der Waals surface area contributed by atoms with Gasteiger partial charge in [-0.05, 0) is 37.5 Å². The van der Waals surface area contributed by atoms with Gasteiger partial charge in [0.1, 0.15) is 5.82 Å². The Kier molecular flexibility index (Phi) is 8.49. The quantitative estimate of drug-likeness (QED) is 0.284. The Morgan fingerprint density at radius 1 is 1.27 bits per heavy atom. The first-order valence-corrected chi connectivity index (χ1v) is 10.3. The number of hydrogen-bond acceptors (Lipinski definition) is 4. The van der Waals surface area contributed by atoms with Crippen LogP contribution in [0.25, 0.3) is 0 Å². The van der Waals surface area contributed by atoms with Gasteiger partial charge < -0.3 is 10.0 Å². The molecule has 0 saturated carbocycles. The number of carbonyl (C=O) groups is 1. The average molecular weight is 452 g/mol. The Balaban J connectivity index is 1.86. The van der Waals surface area contributed by atoms with Gasteiger partial charge in [0.2, 0.25) is 5.91 Å². The largest absolute Gasteiger partial charge is 0.432 e. The van der Waals surface area contributed by atoms with Gasteiger partial charge in [-0.3, -0.25) is 9.80 Å². The normalized spacial score (nSPS) is 17.2. The fourth-order valence-electron chi connectivity index (χ4n) is 3.32. The summed E-state index contributed by atoms with van der Waals surface area (Å²) in [5, 5.41) is 15.5. The van der Waals surface area contributed by atoms with Crippen LogP contribution in [0.15, 0.2) is 29.4 Å². The van der Waals surface area contributed by atoms with Crippen molar-refractivity contribution in [2.75, 3.05) is 32.1 Å². The fraction of sp³-hybridized carbons (Fsp3) is 0.600. The lowest BCUT2D eigenvalue weighted by Crippen LogP contribution is -2.48. The third-order valence-corrected chi connectivity index (χ3v) is 5.41. The molecule has 1 aliphatic heterocycles. The lowest BCUT2D eigenvalue weighted by Gasteiger charge is -2.38. The van der Waals surface area contributed by atoms with Crippen molar-refractivity contribution in [2.24, 2.45) is 5.10 Å². The summed E-state index contributed by atoms with van der Waals surface area (Å²) in [6.07, 6.45) is -3.49. The van der Waals surface area contributed by atoms with E-state index in [1.807, 2.05) is 0 Å². The Morgan fingerprint density at radius 3 is 2.37 bits per heavy atom. The van der Waals surface area contributed by atoms with Crippen LogP contribution in [0.1, 0.15) is 31.7 Å². The second-order valence-electron chi connectivity index (χ2n) is 7.38. The summed E-state index contributed by atoms with van der Waals surface area (Å²) in [7, 11) is 0. The van der Waals surface area contributed by atoms with Crippen molar-refractivity contribution in [3.05, 3.63) is 35.6 Å². The van der Waals surface area contributed by atoms with E-state index in [1.54, 1.807) is 24.0 Å². The molecule has 2 rings (SSSR count). The third-order valence-electron chi connectivity index (χ3n) is 5.16. The van der Waals surface area contributed by atoms with Crippen molar-refractivity contribution >= 4 is 23.2 Å². The molecule has 0 aromatic heterocycles. The molecule has 1 fully saturated rings. The molecular weight excluding hydrogens is 426 g/mol. The minimum absolute atomic E-state index is 0.0150. The lowest BCUT2D eigenvalue weighted by atomic mass is 9.85. The molecule has 1 saturated heterocycles. The highest BCUT2D eigenvalue weighted by Crippen LogP contribution is 2.27. The van der Waals surface area contributed by atoms with Crippen LogP contribution in [-0.4, -0.2) is 70.5 Å². The summed E-state index contributed by atoms with van der Waals surface area (Å²) in [5.74, 6) is -1.30. The van der Waals surface area contributed by atoms with Gasteiger partial charge in [-0.1, -0.05) is 12.1 Å². The first-order valence-electron chi connectivity index (χ1n) is 9.76. The number of halogens is 5. The maximum Gasteiger partial charge on any atom is 0.432 e. The van der Waals surface area contributed by atoms with E-state index in [4.69, 9.17) is 11.6 Å². The van der Waals surface area contributed by atoms with E-state index in [0.717, 1.165) is 5.56 Å². The van der Waals surface area contributed by atoms with Crippen LogP contribution in [0.4, 0.5) is 17.6 Å². The van der Waals surface area contributed by atoms with Crippen LogP contribution in [0.5, 0.6) is 0 Å². The van der Waals surface area contributed by atoms with Crippen LogP contribution in [0.3, 0.4) is 0 Å². The molecule has 1 aromatic carbocycles. The van der Waals surface area contributed by atoms with Gasteiger partial charge in [0, 0.05) is 39.0 Å². The highest BCUT2D eigenvalue weighted by molar-refractivity contribution is 6.29. The van der Waals surface area contributed by atoms with Crippen LogP contribution in [-0.2, 0) is 11.2 Å². The summed E-state index contributed by atoms with van der Waals surface area (Å²) in [6.45, 7) is 2.60. The maximum absolute atomic E-state index is 13.0. The number of amides is 1. The molecule has 30 heavy (non-hydrogen) atoms. The number of benzene rings is 1. The SMILES string of the molecule is CCN(CCC(=O)N1CCC(O)(Cc2ccc(F)cc2)CC1)/N=C(\CCl)C(F)(F)F. The molecule has 0 unspecified atom stereocenters. The van der Waals surface area contributed by atoms with Gasteiger partial charge in [-0.15, -0.1) is 11.6 Å². The van der Waals surface area contributed by atoms with Gasteiger partial charge >= 0.3 is 6.18 Å². The summed E-state index contributed by atoms with van der Waals surface area (Å²) in [6, 6.07) is 5.93. The van der Waals surface area contributed by atoms with Crippen molar-refractivity contribution in [3.63, 3.8) is 0 Å². The molecule has 1 aliphatic rings. The number of hydrogen-bond donors (Lipinski definition) is 1. The molecule has 0 radical (unpaired) electrons. The molecule has 10 heteroatoms. The van der Waals surface area contributed by atoms with Crippen LogP contribution >= 0.6 is 11.6 Å². The third kappa shape index (κ3) is 7.12. The van der Waals surface area contributed by atoms with Gasteiger partial charge in [0.05, 0.1) is 11.5 Å². The molecule has 1 aromatic rings. The number of aliphatic hydroxyl groups is 1. The fourth-order valence-corrected chi connectivity index (χ4v) is 3.53. The van der Waals surface area contributed by atoms with E-state index in [2.05, 4.69) is 5.10 Å². The number of carbonyl (C=O) groups excluding carboxylic acids is 1. The Labute approximate surface area is 178 Å². The highest BCUT2D eigenvalue weighted by atomic mass is 35.5. The molecular formula is C20H26ClF4N3O2. The zero-order valence-electron chi connectivity index (χ0n) is 16.8. The van der Waals surface area contributed by atoms with Gasteiger partial charge in [-0.2, -0.15) is 18.3 Å². The zero-order valence-corrected chi connectivity index (χ0v) is 17.5. The van der Waals surface area contributed by atoms with Crippen molar-refractivity contribution in [3.8, 4) is 0 Å². The lowest BCUT2D eigenvalue weighted by molar-refractivity contribution is -0.135. The van der Waals surface area contributed by atoms with Crippen LogP contribution in [0.2, 0.25) is 0 Å². The summed E-state index contributed by atoms with van der Waals surface area (Å²) in [4.78, 5) is 14.1. The van der Waals surface area contributed by atoms with E-state index < -0.39 is 23.4 Å². The summed E-state index contributed by atoms with van der Waals surface area (Å²) < 4.78 is 51.4. The average Bonchev–Trinajstić information content (AvgIpc) is 2.69. The molecule has 1 N–H and O–H groups in total. The first-order chi connectivity index (χ1) is 14.1. The predicted octanol–water partition coefficient (Wildman–Crippen LogP) is 3.59. The van der Waals surface area contributed by atoms with Crippen molar-refractivity contribution in [1.82, 2.24) is 9.91 Å². The second kappa shape index (κ2) is 10.4. The van der Waals surface area contributed by atoms with Crippen molar-refractivity contribution in [2.45, 2.75) is 44.4 Å².